The van der Waals surface area contributed by atoms with E-state index in [0.717, 1.165) is 0 Å². The molecule has 0 spiro atoms. The molecule has 6 nitrogen and oxygen atoms in total. The molecule has 130 valence electrons. The van der Waals surface area contributed by atoms with Gasteiger partial charge < -0.3 is 5.32 Å². The summed E-state index contributed by atoms with van der Waals surface area (Å²) in [6, 6.07) is 8.84. The van der Waals surface area contributed by atoms with Crippen LogP contribution < -0.4 is 10.6 Å². The zero-order valence-electron chi connectivity index (χ0n) is 14.0. The molecule has 25 heavy (non-hydrogen) atoms. The molecule has 2 N–H and O–H groups in total. The first-order chi connectivity index (χ1) is 11.9. The predicted molar refractivity (Wildman–Crippen MR) is 95.9 cm³/mol. The Balaban J connectivity index is 1.74. The first-order valence-corrected chi connectivity index (χ1v) is 8.95. The third kappa shape index (κ3) is 3.93. The summed E-state index contributed by atoms with van der Waals surface area (Å²) >= 11 is 1.17. The largest absolute Gasteiger partial charge is 0.354 e. The Morgan fingerprint density at radius 1 is 1.20 bits per heavy atom. The first-order valence-electron chi connectivity index (χ1n) is 8.13. The van der Waals surface area contributed by atoms with Crippen LogP contribution >= 0.6 is 11.3 Å². The number of carbonyl (C=O) groups excluding carboxylic acids is 3. The lowest BCUT2D eigenvalue weighted by Gasteiger charge is -2.20. The molecule has 0 unspecified atom stereocenters. The summed E-state index contributed by atoms with van der Waals surface area (Å²) in [7, 11) is 0. The summed E-state index contributed by atoms with van der Waals surface area (Å²) in [4.78, 5) is 41.6. The number of amides is 2. The van der Waals surface area contributed by atoms with E-state index in [1.54, 1.807) is 24.3 Å². The molecule has 7 heteroatoms. The maximum absolute atomic E-state index is 12.3. The van der Waals surface area contributed by atoms with Gasteiger partial charge in [-0.05, 0) is 26.0 Å². The zero-order chi connectivity index (χ0) is 18.0. The Kier molecular flexibility index (Phi) is 4.94. The zero-order valence-corrected chi connectivity index (χ0v) is 14.9. The van der Waals surface area contributed by atoms with Crippen molar-refractivity contribution in [1.82, 2.24) is 10.3 Å². The van der Waals surface area contributed by atoms with Crippen molar-refractivity contribution in [3.8, 4) is 0 Å². The van der Waals surface area contributed by atoms with Gasteiger partial charge in [-0.2, -0.15) is 0 Å². The molecule has 0 aliphatic heterocycles. The van der Waals surface area contributed by atoms with Gasteiger partial charge in [-0.25, -0.2) is 4.98 Å². The molecule has 1 aromatic heterocycles. The maximum atomic E-state index is 12.3. The van der Waals surface area contributed by atoms with Gasteiger partial charge in [0.25, 0.3) is 5.91 Å². The van der Waals surface area contributed by atoms with Crippen molar-refractivity contribution in [2.24, 2.45) is 5.92 Å². The van der Waals surface area contributed by atoms with E-state index in [1.807, 2.05) is 19.9 Å². The molecule has 0 saturated carbocycles. The molecule has 1 aliphatic rings. The Hall–Kier alpha value is -2.54. The van der Waals surface area contributed by atoms with Crippen LogP contribution in [0.1, 0.15) is 46.0 Å². The Morgan fingerprint density at radius 3 is 2.60 bits per heavy atom. The highest BCUT2D eigenvalue weighted by Crippen LogP contribution is 2.32. The topological polar surface area (TPSA) is 88.2 Å². The van der Waals surface area contributed by atoms with E-state index in [2.05, 4.69) is 15.6 Å². The van der Waals surface area contributed by atoms with Crippen LogP contribution in [-0.4, -0.2) is 28.6 Å². The molecule has 1 heterocycles. The summed E-state index contributed by atoms with van der Waals surface area (Å²) in [5, 5.41) is 5.95. The van der Waals surface area contributed by atoms with Crippen LogP contribution in [0.2, 0.25) is 0 Å². The van der Waals surface area contributed by atoms with Gasteiger partial charge in [-0.15, -0.1) is 0 Å². The molecular weight excluding hydrogens is 338 g/mol. The fraction of sp³-hybridized carbons (Fsp3) is 0.333. The van der Waals surface area contributed by atoms with Crippen LogP contribution in [0.4, 0.5) is 5.13 Å². The van der Waals surface area contributed by atoms with E-state index in [4.69, 9.17) is 0 Å². The second-order valence-electron chi connectivity index (χ2n) is 6.31. The smallest absolute Gasteiger partial charge is 0.257 e. The van der Waals surface area contributed by atoms with Crippen molar-refractivity contribution in [3.05, 3.63) is 46.5 Å². The molecule has 1 atom stereocenters. The molecular formula is C18H19N3O3S. The molecule has 2 amide bonds. The lowest BCUT2D eigenvalue weighted by Crippen LogP contribution is -2.39. The number of anilines is 1. The first kappa shape index (κ1) is 17.3. The number of rotatable bonds is 4. The highest BCUT2D eigenvalue weighted by atomic mass is 32.1. The van der Waals surface area contributed by atoms with Crippen LogP contribution in [0.5, 0.6) is 0 Å². The number of nitrogens with zero attached hydrogens (tertiary/aromatic N) is 1. The van der Waals surface area contributed by atoms with Crippen LogP contribution in [0.3, 0.4) is 0 Å². The van der Waals surface area contributed by atoms with Crippen LogP contribution in [0.25, 0.3) is 0 Å². The fourth-order valence-corrected chi connectivity index (χ4v) is 3.67. The molecule has 1 aromatic carbocycles. The summed E-state index contributed by atoms with van der Waals surface area (Å²) in [6.07, 6.45) is 0.594. The summed E-state index contributed by atoms with van der Waals surface area (Å²) in [5.74, 6) is -0.893. The normalized spacial score (nSPS) is 16.4. The van der Waals surface area contributed by atoms with Crippen molar-refractivity contribution in [1.29, 1.82) is 0 Å². The monoisotopic (exact) mass is 357 g/mol. The van der Waals surface area contributed by atoms with E-state index in [1.165, 1.54) is 11.3 Å². The molecule has 1 aliphatic carbocycles. The maximum Gasteiger partial charge on any atom is 0.257 e. The van der Waals surface area contributed by atoms with Gasteiger partial charge in [0.05, 0.1) is 16.5 Å². The number of carbonyl (C=O) groups is 3. The number of aromatic nitrogens is 1. The summed E-state index contributed by atoms with van der Waals surface area (Å²) in [5.41, 5.74) is 1.12. The van der Waals surface area contributed by atoms with Crippen LogP contribution in [0, 0.1) is 5.92 Å². The minimum absolute atomic E-state index is 0.0279. The third-order valence-corrected chi connectivity index (χ3v) is 4.93. The van der Waals surface area contributed by atoms with Crippen LogP contribution in [0.15, 0.2) is 30.3 Å². The van der Waals surface area contributed by atoms with E-state index in [0.29, 0.717) is 27.7 Å². The SMILES string of the molecule is CC(C)NC(=O)[C@H]1CC(=O)c2sc(NC(=O)c3ccccc3)nc2C1. The van der Waals surface area contributed by atoms with Crippen molar-refractivity contribution < 1.29 is 14.4 Å². The second kappa shape index (κ2) is 7.14. The minimum atomic E-state index is -0.401. The number of fused-ring (bicyclic) bond motifs is 1. The number of hydrogen-bond acceptors (Lipinski definition) is 5. The number of benzene rings is 1. The van der Waals surface area contributed by atoms with Gasteiger partial charge in [0.2, 0.25) is 5.91 Å². The van der Waals surface area contributed by atoms with Crippen molar-refractivity contribution >= 4 is 34.1 Å². The highest BCUT2D eigenvalue weighted by Gasteiger charge is 2.33. The van der Waals surface area contributed by atoms with E-state index in [9.17, 15) is 14.4 Å². The van der Waals surface area contributed by atoms with E-state index < -0.39 is 5.92 Å². The van der Waals surface area contributed by atoms with Gasteiger partial charge in [0.1, 0.15) is 0 Å². The Bertz CT molecular complexity index is 814. The summed E-state index contributed by atoms with van der Waals surface area (Å²) < 4.78 is 0. The molecule has 3 rings (SSSR count). The number of nitrogens with one attached hydrogen (secondary N) is 2. The Morgan fingerprint density at radius 2 is 1.92 bits per heavy atom. The predicted octanol–water partition coefficient (Wildman–Crippen LogP) is 2.67. The standard InChI is InChI=1S/C18H19N3O3S/c1-10(2)19-17(24)12-8-13-15(14(22)9-12)25-18(20-13)21-16(23)11-6-4-3-5-7-11/h3-7,10,12H,8-9H2,1-2H3,(H,19,24)(H,20,21,23)/t12-/m1/s1. The number of ketones is 1. The molecule has 2 aromatic rings. The van der Waals surface area contributed by atoms with Gasteiger partial charge in [0.15, 0.2) is 10.9 Å². The number of hydrogen-bond donors (Lipinski definition) is 2. The lowest BCUT2D eigenvalue weighted by atomic mass is 9.89. The molecule has 0 bridgehead atoms. The Labute approximate surface area is 149 Å². The molecule has 0 saturated heterocycles. The average molecular weight is 357 g/mol. The van der Waals surface area contributed by atoms with Gasteiger partial charge in [0, 0.05) is 24.4 Å². The average Bonchev–Trinajstić information content (AvgIpc) is 2.98. The van der Waals surface area contributed by atoms with Gasteiger partial charge in [-0.3, -0.25) is 19.7 Å². The molecule has 0 radical (unpaired) electrons. The fourth-order valence-electron chi connectivity index (χ4n) is 2.73. The lowest BCUT2D eigenvalue weighted by molar-refractivity contribution is -0.125. The van der Waals surface area contributed by atoms with Gasteiger partial charge in [-0.1, -0.05) is 29.5 Å². The van der Waals surface area contributed by atoms with Crippen molar-refractivity contribution in [2.75, 3.05) is 5.32 Å². The van der Waals surface area contributed by atoms with Crippen molar-refractivity contribution in [3.63, 3.8) is 0 Å². The quantitative estimate of drug-likeness (QED) is 0.880. The minimum Gasteiger partial charge on any atom is -0.354 e. The highest BCUT2D eigenvalue weighted by molar-refractivity contribution is 7.17. The van der Waals surface area contributed by atoms with Crippen molar-refractivity contribution in [2.45, 2.75) is 32.7 Å². The van der Waals surface area contributed by atoms with E-state index in [-0.39, 0.29) is 30.1 Å². The van der Waals surface area contributed by atoms with E-state index >= 15 is 0 Å². The number of Topliss-reactive ketones (excluding diaryl/α,β-unsaturated/α-hetero) is 1. The summed E-state index contributed by atoms with van der Waals surface area (Å²) in [6.45, 7) is 3.77. The second-order valence-corrected chi connectivity index (χ2v) is 7.31. The van der Waals surface area contributed by atoms with Gasteiger partial charge >= 0.3 is 0 Å². The third-order valence-electron chi connectivity index (χ3n) is 3.88. The molecule has 0 fully saturated rings. The van der Waals surface area contributed by atoms with Crippen LogP contribution in [-0.2, 0) is 11.2 Å². The number of thiazole rings is 1.